The zero-order chi connectivity index (χ0) is 10.0. The minimum Gasteiger partial charge on any atom is -1.00 e. The fraction of sp³-hybridized carbons (Fsp3) is 0.400. The van der Waals surface area contributed by atoms with Crippen LogP contribution in [0.4, 0.5) is 0 Å². The molecule has 4 heteroatoms. The Hall–Kier alpha value is -0.770. The molecular weight excluding hydrogens is 202 g/mol. The summed E-state index contributed by atoms with van der Waals surface area (Å²) in [5.41, 5.74) is 5.26. The number of aryl methyl sites for hydroxylation is 1. The van der Waals surface area contributed by atoms with Gasteiger partial charge in [-0.05, 0) is 31.0 Å². The largest absolute Gasteiger partial charge is 1.00 e. The predicted octanol–water partition coefficient (Wildman–Crippen LogP) is -2.63. The number of quaternary nitrogens is 1. The molecule has 1 rings (SSSR count). The van der Waals surface area contributed by atoms with Crippen molar-refractivity contribution in [1.82, 2.24) is 0 Å². The lowest BCUT2D eigenvalue weighted by Crippen LogP contribution is -3.00. The molecule has 0 saturated carbocycles. The van der Waals surface area contributed by atoms with Crippen molar-refractivity contribution in [3.05, 3.63) is 29.3 Å². The Morgan fingerprint density at radius 3 is 2.36 bits per heavy atom. The number of hydrogen-bond acceptors (Lipinski definition) is 2. The fourth-order valence-electron chi connectivity index (χ4n) is 1.14. The van der Waals surface area contributed by atoms with Crippen molar-refractivity contribution in [1.29, 1.82) is 0 Å². The van der Waals surface area contributed by atoms with Crippen molar-refractivity contribution in [3.8, 4) is 5.75 Å². The topological polar surface area (TPSA) is 68.1 Å². The van der Waals surface area contributed by atoms with Crippen LogP contribution in [0.1, 0.15) is 24.2 Å². The van der Waals surface area contributed by atoms with E-state index in [2.05, 4.69) is 5.73 Å². The van der Waals surface area contributed by atoms with Crippen LogP contribution < -0.4 is 18.1 Å². The number of phenolic OH excluding ortho intramolecular Hbond substituents is 1. The number of rotatable bonds is 2. The van der Waals surface area contributed by atoms with Crippen molar-refractivity contribution in [2.75, 3.05) is 0 Å². The van der Waals surface area contributed by atoms with Gasteiger partial charge in [-0.25, -0.2) is 0 Å². The average molecular weight is 218 g/mol. The van der Waals surface area contributed by atoms with Crippen molar-refractivity contribution in [3.63, 3.8) is 0 Å². The van der Waals surface area contributed by atoms with Gasteiger partial charge >= 0.3 is 0 Å². The molecule has 0 heterocycles. The number of benzene rings is 1. The molecule has 80 valence electrons. The van der Waals surface area contributed by atoms with Crippen LogP contribution >= 0.6 is 0 Å². The number of hydrogen-bond donors (Lipinski definition) is 3. The van der Waals surface area contributed by atoms with E-state index >= 15 is 0 Å². The Labute approximate surface area is 90.0 Å². The highest BCUT2D eigenvalue weighted by Crippen LogP contribution is 2.22. The van der Waals surface area contributed by atoms with Crippen LogP contribution in [0, 0.1) is 6.92 Å². The fourth-order valence-corrected chi connectivity index (χ4v) is 1.14. The van der Waals surface area contributed by atoms with E-state index in [9.17, 15) is 10.2 Å². The van der Waals surface area contributed by atoms with Gasteiger partial charge in [0.05, 0.1) is 0 Å². The zero-order valence-electron chi connectivity index (χ0n) is 8.37. The maximum Gasteiger partial charge on any atom is 0.130 e. The molecule has 1 aromatic rings. The molecule has 0 spiro atoms. The molecule has 0 fully saturated rings. The number of phenols is 1. The summed E-state index contributed by atoms with van der Waals surface area (Å²) < 4.78 is 0. The first-order valence-corrected chi connectivity index (χ1v) is 4.33. The third-order valence-electron chi connectivity index (χ3n) is 2.11. The summed E-state index contributed by atoms with van der Waals surface area (Å²) >= 11 is 0. The highest BCUT2D eigenvalue weighted by atomic mass is 35.5. The zero-order valence-corrected chi connectivity index (χ0v) is 9.12. The molecule has 0 aliphatic carbocycles. The third kappa shape index (κ3) is 2.87. The first-order chi connectivity index (χ1) is 6.02. The van der Waals surface area contributed by atoms with Crippen molar-refractivity contribution >= 4 is 0 Å². The average Bonchev–Trinajstić information content (AvgIpc) is 2.08. The van der Waals surface area contributed by atoms with E-state index < -0.39 is 6.10 Å². The molecule has 0 amide bonds. The van der Waals surface area contributed by atoms with Gasteiger partial charge in [0.2, 0.25) is 0 Å². The predicted molar refractivity (Wildman–Crippen MR) is 50.2 cm³/mol. The molecular formula is C10H16ClNO2. The van der Waals surface area contributed by atoms with Gasteiger partial charge in [-0.15, -0.1) is 0 Å². The molecule has 0 aromatic heterocycles. The van der Waals surface area contributed by atoms with Gasteiger partial charge < -0.3 is 28.4 Å². The van der Waals surface area contributed by atoms with Crippen molar-refractivity contribution in [2.45, 2.75) is 26.0 Å². The van der Waals surface area contributed by atoms with Crippen LogP contribution in [-0.4, -0.2) is 16.3 Å². The Morgan fingerprint density at radius 2 is 1.93 bits per heavy atom. The molecule has 0 bridgehead atoms. The molecule has 0 aliphatic heterocycles. The van der Waals surface area contributed by atoms with Gasteiger partial charge in [-0.1, -0.05) is 12.1 Å². The van der Waals surface area contributed by atoms with E-state index in [-0.39, 0.29) is 24.2 Å². The van der Waals surface area contributed by atoms with Crippen LogP contribution in [0.25, 0.3) is 0 Å². The first kappa shape index (κ1) is 13.2. The molecule has 2 unspecified atom stereocenters. The lowest BCUT2D eigenvalue weighted by Gasteiger charge is -2.12. The van der Waals surface area contributed by atoms with Crippen molar-refractivity contribution in [2.24, 2.45) is 0 Å². The van der Waals surface area contributed by atoms with E-state index in [0.29, 0.717) is 5.56 Å². The van der Waals surface area contributed by atoms with Gasteiger partial charge in [0.1, 0.15) is 17.9 Å². The Morgan fingerprint density at radius 1 is 1.36 bits per heavy atom. The Bertz CT molecular complexity index is 302. The van der Waals surface area contributed by atoms with Gasteiger partial charge in [0.25, 0.3) is 0 Å². The summed E-state index contributed by atoms with van der Waals surface area (Å²) in [4.78, 5) is 0. The van der Waals surface area contributed by atoms with Gasteiger partial charge in [0.15, 0.2) is 0 Å². The van der Waals surface area contributed by atoms with E-state index in [1.807, 2.05) is 13.8 Å². The second-order valence-electron chi connectivity index (χ2n) is 3.47. The summed E-state index contributed by atoms with van der Waals surface area (Å²) in [6.07, 6.45) is -0.605. The normalized spacial score (nSPS) is 14.3. The number of aliphatic hydroxyl groups excluding tert-OH is 1. The van der Waals surface area contributed by atoms with E-state index in [4.69, 9.17) is 0 Å². The molecule has 14 heavy (non-hydrogen) atoms. The third-order valence-corrected chi connectivity index (χ3v) is 2.11. The number of aliphatic hydroxyl groups is 1. The smallest absolute Gasteiger partial charge is 0.130 e. The summed E-state index contributed by atoms with van der Waals surface area (Å²) in [5.74, 6) is 0.220. The lowest BCUT2D eigenvalue weighted by molar-refractivity contribution is -0.433. The van der Waals surface area contributed by atoms with E-state index in [0.717, 1.165) is 5.56 Å². The molecule has 1 aromatic carbocycles. The highest BCUT2D eigenvalue weighted by Gasteiger charge is 2.15. The van der Waals surface area contributed by atoms with E-state index in [1.165, 1.54) is 0 Å². The van der Waals surface area contributed by atoms with Gasteiger partial charge in [-0.3, -0.25) is 0 Å². The first-order valence-electron chi connectivity index (χ1n) is 4.33. The number of aromatic hydroxyl groups is 1. The van der Waals surface area contributed by atoms with Crippen LogP contribution in [0.3, 0.4) is 0 Å². The van der Waals surface area contributed by atoms with Gasteiger partial charge in [0, 0.05) is 0 Å². The van der Waals surface area contributed by atoms with Crippen molar-refractivity contribution < 1.29 is 28.4 Å². The summed E-state index contributed by atoms with van der Waals surface area (Å²) in [6.45, 7) is 3.65. The molecule has 3 nitrogen and oxygen atoms in total. The van der Waals surface area contributed by atoms with Crippen LogP contribution in [0.5, 0.6) is 5.75 Å². The van der Waals surface area contributed by atoms with Gasteiger partial charge in [-0.2, -0.15) is 0 Å². The minimum absolute atomic E-state index is 0. The van der Waals surface area contributed by atoms with Crippen LogP contribution in [-0.2, 0) is 0 Å². The van der Waals surface area contributed by atoms with E-state index in [1.54, 1.807) is 18.2 Å². The highest BCUT2D eigenvalue weighted by molar-refractivity contribution is 5.36. The second kappa shape index (κ2) is 5.20. The monoisotopic (exact) mass is 217 g/mol. The molecule has 0 radical (unpaired) electrons. The SMILES string of the molecule is Cc1ccc(C(O)C(C)[NH3+])cc1O.[Cl-]. The Balaban J connectivity index is 0.00000169. The summed E-state index contributed by atoms with van der Waals surface area (Å²) in [7, 11) is 0. The molecule has 0 aliphatic rings. The molecule has 5 N–H and O–H groups in total. The number of halogens is 1. The second-order valence-corrected chi connectivity index (χ2v) is 3.47. The quantitative estimate of drug-likeness (QED) is 0.508. The lowest BCUT2D eigenvalue weighted by atomic mass is 10.0. The maximum absolute atomic E-state index is 9.64. The van der Waals surface area contributed by atoms with Crippen LogP contribution in [0.2, 0.25) is 0 Å². The minimum atomic E-state index is -0.605. The Kier molecular flexibility index (Phi) is 4.91. The molecule has 0 saturated heterocycles. The van der Waals surface area contributed by atoms with Crippen LogP contribution in [0.15, 0.2) is 18.2 Å². The summed E-state index contributed by atoms with van der Waals surface area (Å²) in [5, 5.41) is 19.0. The molecule has 2 atom stereocenters. The maximum atomic E-state index is 9.64. The summed E-state index contributed by atoms with van der Waals surface area (Å²) in [6, 6.07) is 5.10. The standard InChI is InChI=1S/C10H15NO2.ClH/c1-6-3-4-8(5-9(6)12)10(13)7(2)11;/h3-5,7,10,12-13H,11H2,1-2H3;1H.